The number of hydrogen-bond donors (Lipinski definition) is 0. The number of nitrogens with zero attached hydrogens (tertiary/aromatic N) is 2. The van der Waals surface area contributed by atoms with Crippen LogP contribution < -0.4 is 29.2 Å². The molecule has 3 aromatic carbocycles. The fourth-order valence-corrected chi connectivity index (χ4v) is 4.74. The Hall–Kier alpha value is -4.17. The van der Waals surface area contributed by atoms with E-state index in [2.05, 4.69) is 11.9 Å². The number of ether oxygens (including phenoxy) is 5. The van der Waals surface area contributed by atoms with Gasteiger partial charge in [-0.2, -0.15) is 0 Å². The molecule has 0 amide bonds. The molecule has 1 aromatic heterocycles. The lowest BCUT2D eigenvalue weighted by Gasteiger charge is -2.18. The Balaban J connectivity index is 1.29. The van der Waals surface area contributed by atoms with Gasteiger partial charge in [0.1, 0.15) is 11.5 Å². The highest BCUT2D eigenvalue weighted by atomic mass is 16.5. The lowest BCUT2D eigenvalue weighted by atomic mass is 10.1. The predicted molar refractivity (Wildman–Crippen MR) is 159 cm³/mol. The molecule has 0 N–H and O–H groups in total. The van der Waals surface area contributed by atoms with Crippen molar-refractivity contribution in [2.75, 3.05) is 55.2 Å². The minimum absolute atomic E-state index is 0.0545. The molecule has 0 atom stereocenters. The summed E-state index contributed by atoms with van der Waals surface area (Å²) in [5.74, 6) is 3.42. The van der Waals surface area contributed by atoms with E-state index in [9.17, 15) is 4.79 Å². The molecular weight excluding hydrogens is 508 g/mol. The van der Waals surface area contributed by atoms with Crippen molar-refractivity contribution in [2.24, 2.45) is 7.05 Å². The van der Waals surface area contributed by atoms with E-state index in [-0.39, 0.29) is 5.56 Å². The zero-order valence-electron chi connectivity index (χ0n) is 24.2. The number of benzene rings is 3. The summed E-state index contributed by atoms with van der Waals surface area (Å²) in [5.41, 5.74) is 2.88. The summed E-state index contributed by atoms with van der Waals surface area (Å²) in [6, 6.07) is 19.5. The van der Waals surface area contributed by atoms with Crippen molar-refractivity contribution in [1.82, 2.24) is 9.47 Å². The van der Waals surface area contributed by atoms with Gasteiger partial charge in [0.15, 0.2) is 11.5 Å². The Morgan fingerprint density at radius 1 is 0.775 bits per heavy atom. The topological polar surface area (TPSA) is 71.4 Å². The Morgan fingerprint density at radius 2 is 1.45 bits per heavy atom. The van der Waals surface area contributed by atoms with Gasteiger partial charge in [0.25, 0.3) is 5.56 Å². The lowest BCUT2D eigenvalue weighted by molar-refractivity contribution is 0.264. The number of pyridine rings is 1. The third kappa shape index (κ3) is 6.51. The molecule has 40 heavy (non-hydrogen) atoms. The van der Waals surface area contributed by atoms with Gasteiger partial charge >= 0.3 is 0 Å². The first-order valence-corrected chi connectivity index (χ1v) is 13.3. The van der Waals surface area contributed by atoms with Crippen LogP contribution in [-0.4, -0.2) is 64.7 Å². The smallest absolute Gasteiger partial charge is 0.258 e. The Morgan fingerprint density at radius 3 is 2.08 bits per heavy atom. The number of likely N-dealkylation sites (N-methyl/N-ethyl adjacent to an activating group) is 1. The van der Waals surface area contributed by atoms with Crippen molar-refractivity contribution >= 4 is 10.8 Å². The van der Waals surface area contributed by atoms with E-state index in [4.69, 9.17) is 23.7 Å². The number of hydrogen-bond acceptors (Lipinski definition) is 7. The average molecular weight is 547 g/mol. The standard InChI is InChI=1S/C32H38N2O6/c1-33(16-14-22-18-29(37-4)31(39-6)30(19-22)38-5)15-7-17-40-25-11-8-23(9-12-25)28-20-24-10-13-26(36-3)21-27(24)32(35)34(28)2/h8-13,18-21H,7,14-17H2,1-6H3. The van der Waals surface area contributed by atoms with Gasteiger partial charge in [-0.25, -0.2) is 0 Å². The lowest BCUT2D eigenvalue weighted by Crippen LogP contribution is -2.23. The number of aromatic nitrogens is 1. The van der Waals surface area contributed by atoms with Gasteiger partial charge in [0.2, 0.25) is 5.75 Å². The largest absolute Gasteiger partial charge is 0.497 e. The molecule has 0 unspecified atom stereocenters. The highest BCUT2D eigenvalue weighted by molar-refractivity contribution is 5.86. The van der Waals surface area contributed by atoms with Crippen LogP contribution in [0.15, 0.2) is 65.5 Å². The molecule has 1 heterocycles. The summed E-state index contributed by atoms with van der Waals surface area (Å²) < 4.78 is 29.3. The van der Waals surface area contributed by atoms with E-state index in [0.717, 1.165) is 53.9 Å². The molecule has 4 aromatic rings. The molecule has 8 nitrogen and oxygen atoms in total. The van der Waals surface area contributed by atoms with Crippen LogP contribution in [0.25, 0.3) is 22.0 Å². The highest BCUT2D eigenvalue weighted by Crippen LogP contribution is 2.38. The Labute approximate surface area is 235 Å². The summed E-state index contributed by atoms with van der Waals surface area (Å²) in [4.78, 5) is 15.2. The van der Waals surface area contributed by atoms with Gasteiger partial charge in [-0.05, 0) is 91.0 Å². The molecule has 0 aliphatic rings. The fraction of sp³-hybridized carbons (Fsp3) is 0.344. The molecule has 0 saturated carbocycles. The van der Waals surface area contributed by atoms with Crippen molar-refractivity contribution in [1.29, 1.82) is 0 Å². The zero-order valence-corrected chi connectivity index (χ0v) is 24.2. The second-order valence-electron chi connectivity index (χ2n) is 9.66. The molecule has 4 rings (SSSR count). The number of rotatable bonds is 13. The second-order valence-corrected chi connectivity index (χ2v) is 9.66. The van der Waals surface area contributed by atoms with Gasteiger partial charge in [0.05, 0.1) is 46.1 Å². The molecule has 212 valence electrons. The molecule has 0 aliphatic carbocycles. The Kier molecular flexibility index (Phi) is 9.56. The first-order chi connectivity index (χ1) is 19.4. The monoisotopic (exact) mass is 546 g/mol. The normalized spacial score (nSPS) is 11.1. The molecule has 0 radical (unpaired) electrons. The van der Waals surface area contributed by atoms with Gasteiger partial charge < -0.3 is 33.2 Å². The molecule has 8 heteroatoms. The maximum Gasteiger partial charge on any atom is 0.258 e. The summed E-state index contributed by atoms with van der Waals surface area (Å²) in [5, 5.41) is 1.52. The van der Waals surface area contributed by atoms with Crippen LogP contribution in [0.4, 0.5) is 0 Å². The first-order valence-electron chi connectivity index (χ1n) is 13.3. The van der Waals surface area contributed by atoms with E-state index in [1.54, 1.807) is 46.1 Å². The van der Waals surface area contributed by atoms with Crippen molar-refractivity contribution in [3.8, 4) is 40.0 Å². The summed E-state index contributed by atoms with van der Waals surface area (Å²) in [7, 11) is 10.4. The van der Waals surface area contributed by atoms with Crippen molar-refractivity contribution in [3.05, 3.63) is 76.6 Å². The van der Waals surface area contributed by atoms with Gasteiger partial charge in [-0.1, -0.05) is 6.07 Å². The van der Waals surface area contributed by atoms with Crippen LogP contribution in [0.1, 0.15) is 12.0 Å². The van der Waals surface area contributed by atoms with Crippen LogP contribution in [0.2, 0.25) is 0 Å². The third-order valence-corrected chi connectivity index (χ3v) is 7.06. The summed E-state index contributed by atoms with van der Waals surface area (Å²) >= 11 is 0. The molecule has 0 fully saturated rings. The molecule has 0 saturated heterocycles. The summed E-state index contributed by atoms with van der Waals surface area (Å²) in [6.45, 7) is 2.42. The van der Waals surface area contributed by atoms with E-state index in [0.29, 0.717) is 35.0 Å². The van der Waals surface area contributed by atoms with Gasteiger partial charge in [-0.3, -0.25) is 4.79 Å². The average Bonchev–Trinajstić information content (AvgIpc) is 2.99. The molecule has 0 spiro atoms. The third-order valence-electron chi connectivity index (χ3n) is 7.06. The number of methoxy groups -OCH3 is 4. The van der Waals surface area contributed by atoms with Crippen molar-refractivity contribution in [3.63, 3.8) is 0 Å². The second kappa shape index (κ2) is 13.3. The van der Waals surface area contributed by atoms with Crippen LogP contribution in [-0.2, 0) is 13.5 Å². The minimum atomic E-state index is -0.0545. The number of fused-ring (bicyclic) bond motifs is 1. The minimum Gasteiger partial charge on any atom is -0.497 e. The Bertz CT molecular complexity index is 1470. The van der Waals surface area contributed by atoms with Crippen LogP contribution in [0.3, 0.4) is 0 Å². The van der Waals surface area contributed by atoms with E-state index >= 15 is 0 Å². The first kappa shape index (κ1) is 28.8. The quantitative estimate of drug-likeness (QED) is 0.214. The van der Waals surface area contributed by atoms with Crippen molar-refractivity contribution in [2.45, 2.75) is 12.8 Å². The van der Waals surface area contributed by atoms with E-state index in [1.165, 1.54) is 0 Å². The van der Waals surface area contributed by atoms with Gasteiger partial charge in [0, 0.05) is 20.1 Å². The highest BCUT2D eigenvalue weighted by Gasteiger charge is 2.14. The molecule has 0 aliphatic heterocycles. The van der Waals surface area contributed by atoms with Crippen LogP contribution >= 0.6 is 0 Å². The molecular formula is C32H38N2O6. The summed E-state index contributed by atoms with van der Waals surface area (Å²) in [6.07, 6.45) is 1.76. The van der Waals surface area contributed by atoms with E-state index < -0.39 is 0 Å². The fourth-order valence-electron chi connectivity index (χ4n) is 4.74. The zero-order chi connectivity index (χ0) is 28.6. The predicted octanol–water partition coefficient (Wildman–Crippen LogP) is 5.18. The van der Waals surface area contributed by atoms with Gasteiger partial charge in [-0.15, -0.1) is 0 Å². The maximum absolute atomic E-state index is 13.0. The molecule has 0 bridgehead atoms. The maximum atomic E-state index is 13.0. The SMILES string of the molecule is COc1ccc2cc(-c3ccc(OCCCN(C)CCc4cc(OC)c(OC)c(OC)c4)cc3)n(C)c(=O)c2c1. The van der Waals surface area contributed by atoms with E-state index in [1.807, 2.05) is 54.6 Å². The van der Waals surface area contributed by atoms with Crippen LogP contribution in [0, 0.1) is 0 Å². The van der Waals surface area contributed by atoms with Crippen LogP contribution in [0.5, 0.6) is 28.7 Å². The van der Waals surface area contributed by atoms with Crippen molar-refractivity contribution < 1.29 is 23.7 Å².